The van der Waals surface area contributed by atoms with Crippen LogP contribution in [-0.2, 0) is 0 Å². The molecule has 2 aromatic carbocycles. The summed E-state index contributed by atoms with van der Waals surface area (Å²) in [6.45, 7) is 5.07. The van der Waals surface area contributed by atoms with Crippen LogP contribution in [0.3, 0.4) is 0 Å². The van der Waals surface area contributed by atoms with E-state index in [1.54, 1.807) is 0 Å². The molecule has 0 aliphatic heterocycles. The second-order valence-corrected chi connectivity index (χ2v) is 7.54. The second-order valence-electron chi connectivity index (χ2n) is 7.54. The SMILES string of the molecule is CCCCCCCCCCCCOc1ccccc1N=Nc1cccc(C)c1. The van der Waals surface area contributed by atoms with Gasteiger partial charge in [0.05, 0.1) is 12.3 Å². The van der Waals surface area contributed by atoms with E-state index >= 15 is 0 Å². The van der Waals surface area contributed by atoms with Gasteiger partial charge in [-0.05, 0) is 43.2 Å². The van der Waals surface area contributed by atoms with Gasteiger partial charge in [0.2, 0.25) is 0 Å². The van der Waals surface area contributed by atoms with Crippen LogP contribution in [0.25, 0.3) is 0 Å². The average Bonchev–Trinajstić information content (AvgIpc) is 2.71. The molecule has 0 radical (unpaired) electrons. The van der Waals surface area contributed by atoms with Crippen LogP contribution in [-0.4, -0.2) is 6.61 Å². The minimum Gasteiger partial charge on any atom is -0.491 e. The van der Waals surface area contributed by atoms with E-state index in [1.807, 2.05) is 42.5 Å². The molecule has 0 unspecified atom stereocenters. The smallest absolute Gasteiger partial charge is 0.146 e. The number of aryl methyl sites for hydroxylation is 1. The summed E-state index contributed by atoms with van der Waals surface area (Å²) in [7, 11) is 0. The van der Waals surface area contributed by atoms with Gasteiger partial charge in [-0.1, -0.05) is 89.0 Å². The van der Waals surface area contributed by atoms with Crippen LogP contribution < -0.4 is 4.74 Å². The fourth-order valence-corrected chi connectivity index (χ4v) is 3.24. The Kier molecular flexibility index (Phi) is 11.0. The molecule has 0 heterocycles. The van der Waals surface area contributed by atoms with Crippen molar-refractivity contribution in [3.8, 4) is 5.75 Å². The van der Waals surface area contributed by atoms with E-state index in [4.69, 9.17) is 4.74 Å². The van der Waals surface area contributed by atoms with Crippen molar-refractivity contribution in [1.29, 1.82) is 0 Å². The summed E-state index contributed by atoms with van der Waals surface area (Å²) in [5.74, 6) is 0.815. The maximum absolute atomic E-state index is 5.97. The molecule has 0 aliphatic carbocycles. The van der Waals surface area contributed by atoms with Crippen LogP contribution in [0.5, 0.6) is 5.75 Å². The van der Waals surface area contributed by atoms with Gasteiger partial charge in [-0.25, -0.2) is 0 Å². The zero-order valence-electron chi connectivity index (χ0n) is 17.7. The lowest BCUT2D eigenvalue weighted by molar-refractivity contribution is 0.305. The lowest BCUT2D eigenvalue weighted by Crippen LogP contribution is -1.97. The Morgan fingerprint density at radius 2 is 1.39 bits per heavy atom. The molecule has 0 bridgehead atoms. The van der Waals surface area contributed by atoms with E-state index in [2.05, 4.69) is 30.1 Å². The average molecular weight is 381 g/mol. The molecular formula is C25H36N2O. The second kappa shape index (κ2) is 13.9. The van der Waals surface area contributed by atoms with Gasteiger partial charge in [0.1, 0.15) is 11.4 Å². The van der Waals surface area contributed by atoms with Gasteiger partial charge in [-0.3, -0.25) is 0 Å². The lowest BCUT2D eigenvalue weighted by Gasteiger charge is -2.08. The number of hydrogen-bond acceptors (Lipinski definition) is 3. The van der Waals surface area contributed by atoms with Crippen molar-refractivity contribution in [2.45, 2.75) is 78.1 Å². The fourth-order valence-electron chi connectivity index (χ4n) is 3.24. The number of nitrogens with zero attached hydrogens (tertiary/aromatic N) is 2. The Hall–Kier alpha value is -2.16. The summed E-state index contributed by atoms with van der Waals surface area (Å²) in [4.78, 5) is 0. The van der Waals surface area contributed by atoms with Gasteiger partial charge in [0.25, 0.3) is 0 Å². The Balaban J connectivity index is 1.65. The molecule has 0 spiro atoms. The molecule has 0 atom stereocenters. The minimum atomic E-state index is 0.744. The Morgan fingerprint density at radius 3 is 2.11 bits per heavy atom. The first kappa shape index (κ1) is 22.1. The molecule has 0 N–H and O–H groups in total. The number of hydrogen-bond donors (Lipinski definition) is 0. The molecule has 3 nitrogen and oxygen atoms in total. The molecule has 2 aromatic rings. The third kappa shape index (κ3) is 9.16. The molecule has 0 fully saturated rings. The highest BCUT2D eigenvalue weighted by Gasteiger charge is 2.02. The van der Waals surface area contributed by atoms with Crippen molar-refractivity contribution in [3.63, 3.8) is 0 Å². The monoisotopic (exact) mass is 380 g/mol. The van der Waals surface area contributed by atoms with Crippen molar-refractivity contribution in [2.75, 3.05) is 6.61 Å². The quantitative estimate of drug-likeness (QED) is 0.238. The third-order valence-electron chi connectivity index (χ3n) is 4.90. The number of azo groups is 1. The summed E-state index contributed by atoms with van der Waals surface area (Å²) in [6, 6.07) is 15.9. The molecule has 0 amide bonds. The molecule has 152 valence electrons. The Morgan fingerprint density at radius 1 is 0.714 bits per heavy atom. The molecule has 0 aromatic heterocycles. The Bertz CT molecular complexity index is 696. The first-order valence-electron chi connectivity index (χ1n) is 11.0. The molecule has 3 heteroatoms. The largest absolute Gasteiger partial charge is 0.491 e. The highest BCUT2D eigenvalue weighted by atomic mass is 16.5. The predicted octanol–water partition coefficient (Wildman–Crippen LogP) is 8.71. The topological polar surface area (TPSA) is 34.0 Å². The maximum atomic E-state index is 5.97. The van der Waals surface area contributed by atoms with Crippen molar-refractivity contribution >= 4 is 11.4 Å². The van der Waals surface area contributed by atoms with Gasteiger partial charge < -0.3 is 4.74 Å². The van der Waals surface area contributed by atoms with Crippen LogP contribution in [0.15, 0.2) is 58.8 Å². The lowest BCUT2D eigenvalue weighted by atomic mass is 10.1. The van der Waals surface area contributed by atoms with Crippen LogP contribution in [0, 0.1) is 6.92 Å². The van der Waals surface area contributed by atoms with E-state index in [0.717, 1.165) is 30.2 Å². The van der Waals surface area contributed by atoms with E-state index in [9.17, 15) is 0 Å². The summed E-state index contributed by atoms with van der Waals surface area (Å²) in [5, 5.41) is 8.74. The van der Waals surface area contributed by atoms with Gasteiger partial charge in [0.15, 0.2) is 0 Å². The van der Waals surface area contributed by atoms with Crippen LogP contribution >= 0.6 is 0 Å². The van der Waals surface area contributed by atoms with Gasteiger partial charge in [0, 0.05) is 0 Å². The number of rotatable bonds is 14. The van der Waals surface area contributed by atoms with Crippen molar-refractivity contribution in [2.24, 2.45) is 10.2 Å². The third-order valence-corrected chi connectivity index (χ3v) is 4.90. The molecular weight excluding hydrogens is 344 g/mol. The molecule has 0 saturated heterocycles. The zero-order chi connectivity index (χ0) is 19.9. The van der Waals surface area contributed by atoms with E-state index in [-0.39, 0.29) is 0 Å². The summed E-state index contributed by atoms with van der Waals surface area (Å²) >= 11 is 0. The van der Waals surface area contributed by atoms with E-state index in [1.165, 1.54) is 63.4 Å². The van der Waals surface area contributed by atoms with E-state index < -0.39 is 0 Å². The number of benzene rings is 2. The predicted molar refractivity (Wildman–Crippen MR) is 119 cm³/mol. The summed E-state index contributed by atoms with van der Waals surface area (Å²) in [5.41, 5.74) is 2.84. The Labute approximate surface area is 171 Å². The highest BCUT2D eigenvalue weighted by Crippen LogP contribution is 2.29. The number of para-hydroxylation sites is 1. The van der Waals surface area contributed by atoms with Crippen molar-refractivity contribution in [1.82, 2.24) is 0 Å². The normalized spacial score (nSPS) is 11.2. The van der Waals surface area contributed by atoms with Crippen LogP contribution in [0.2, 0.25) is 0 Å². The molecule has 2 rings (SSSR count). The minimum absolute atomic E-state index is 0.744. The van der Waals surface area contributed by atoms with Crippen molar-refractivity contribution < 1.29 is 4.74 Å². The summed E-state index contributed by atoms with van der Waals surface area (Å²) in [6.07, 6.45) is 13.3. The van der Waals surface area contributed by atoms with Crippen LogP contribution in [0.1, 0.15) is 76.7 Å². The maximum Gasteiger partial charge on any atom is 0.146 e. The van der Waals surface area contributed by atoms with E-state index in [0.29, 0.717) is 0 Å². The van der Waals surface area contributed by atoms with Crippen molar-refractivity contribution in [3.05, 3.63) is 54.1 Å². The molecule has 28 heavy (non-hydrogen) atoms. The summed E-state index contributed by atoms with van der Waals surface area (Å²) < 4.78 is 5.97. The van der Waals surface area contributed by atoms with Gasteiger partial charge >= 0.3 is 0 Å². The first-order chi connectivity index (χ1) is 13.8. The number of ether oxygens (including phenoxy) is 1. The zero-order valence-corrected chi connectivity index (χ0v) is 17.7. The van der Waals surface area contributed by atoms with Crippen LogP contribution in [0.4, 0.5) is 11.4 Å². The first-order valence-corrected chi connectivity index (χ1v) is 11.0. The van der Waals surface area contributed by atoms with Gasteiger partial charge in [-0.15, -0.1) is 5.11 Å². The molecule has 0 saturated carbocycles. The highest BCUT2D eigenvalue weighted by molar-refractivity contribution is 5.51. The number of unbranched alkanes of at least 4 members (excludes halogenated alkanes) is 9. The fraction of sp³-hybridized carbons (Fsp3) is 0.520. The standard InChI is InChI=1S/C25H36N2O/c1-3-4-5-6-7-8-9-10-11-14-20-28-25-19-13-12-18-24(25)27-26-23-17-15-16-22(2)21-23/h12-13,15-19,21H,3-11,14,20H2,1-2H3. The molecule has 0 aliphatic rings. The van der Waals surface area contributed by atoms with Gasteiger partial charge in [-0.2, -0.15) is 5.11 Å².